The quantitative estimate of drug-likeness (QED) is 0.738. The maximum Gasteiger partial charge on any atom is 0.118 e. The molecule has 1 rings (SSSR count). The molecule has 0 radical (unpaired) electrons. The van der Waals surface area contributed by atoms with Gasteiger partial charge in [-0.15, -0.1) is 0 Å². The molecular weight excluding hydrogens is 150 g/mol. The summed E-state index contributed by atoms with van der Waals surface area (Å²) in [5.74, 6) is 0.892. The minimum absolute atomic E-state index is 0.221. The van der Waals surface area contributed by atoms with Crippen molar-refractivity contribution in [3.8, 4) is 5.75 Å². The van der Waals surface area contributed by atoms with Crippen LogP contribution in [-0.4, -0.2) is 13.2 Å². The Balaban J connectivity index is 2.65. The van der Waals surface area contributed by atoms with E-state index in [1.54, 1.807) is 7.11 Å². The van der Waals surface area contributed by atoms with Crippen molar-refractivity contribution in [2.45, 2.75) is 19.4 Å². The standard InChI is InChI=1S/C10H15NO/c1-8(11)7-9-3-5-10(12-2)6-4-9/h3-6,8H,7,11H2,1-2H3/t8-/m0/s1. The van der Waals surface area contributed by atoms with Gasteiger partial charge in [-0.2, -0.15) is 0 Å². The highest BCUT2D eigenvalue weighted by atomic mass is 16.5. The fourth-order valence-electron chi connectivity index (χ4n) is 1.13. The van der Waals surface area contributed by atoms with Crippen LogP contribution in [0.25, 0.3) is 0 Å². The molecule has 0 aliphatic carbocycles. The lowest BCUT2D eigenvalue weighted by atomic mass is 10.1. The average molecular weight is 165 g/mol. The van der Waals surface area contributed by atoms with Crippen LogP contribution in [-0.2, 0) is 6.42 Å². The molecule has 0 bridgehead atoms. The lowest BCUT2D eigenvalue weighted by molar-refractivity contribution is 0.414. The Bertz CT molecular complexity index is 228. The molecule has 2 N–H and O–H groups in total. The monoisotopic (exact) mass is 165 g/mol. The first-order valence-corrected chi connectivity index (χ1v) is 4.11. The normalized spacial score (nSPS) is 12.6. The van der Waals surface area contributed by atoms with E-state index in [0.29, 0.717) is 0 Å². The summed E-state index contributed by atoms with van der Waals surface area (Å²) in [7, 11) is 1.67. The third kappa shape index (κ3) is 2.55. The number of nitrogens with two attached hydrogens (primary N) is 1. The molecule has 66 valence electrons. The zero-order valence-electron chi connectivity index (χ0n) is 7.58. The lowest BCUT2D eigenvalue weighted by Gasteiger charge is -2.05. The maximum atomic E-state index is 5.66. The van der Waals surface area contributed by atoms with Gasteiger partial charge in [0.2, 0.25) is 0 Å². The molecule has 0 unspecified atom stereocenters. The smallest absolute Gasteiger partial charge is 0.118 e. The summed E-state index contributed by atoms with van der Waals surface area (Å²) in [6, 6.07) is 8.22. The zero-order chi connectivity index (χ0) is 8.97. The minimum Gasteiger partial charge on any atom is -0.497 e. The molecule has 1 aromatic rings. The molecule has 12 heavy (non-hydrogen) atoms. The van der Waals surface area contributed by atoms with E-state index in [2.05, 4.69) is 0 Å². The number of rotatable bonds is 3. The van der Waals surface area contributed by atoms with Gasteiger partial charge >= 0.3 is 0 Å². The Hall–Kier alpha value is -1.02. The molecule has 0 aliphatic rings. The summed E-state index contributed by atoms with van der Waals surface area (Å²) in [5, 5.41) is 0. The van der Waals surface area contributed by atoms with Gasteiger partial charge < -0.3 is 10.5 Å². The van der Waals surface area contributed by atoms with Crippen LogP contribution >= 0.6 is 0 Å². The van der Waals surface area contributed by atoms with Gasteiger partial charge in [0.25, 0.3) is 0 Å². The molecule has 1 atom stereocenters. The first-order chi connectivity index (χ1) is 5.72. The lowest BCUT2D eigenvalue weighted by Crippen LogP contribution is -2.17. The van der Waals surface area contributed by atoms with Crippen LogP contribution in [0, 0.1) is 0 Å². The van der Waals surface area contributed by atoms with Gasteiger partial charge in [-0.25, -0.2) is 0 Å². The van der Waals surface area contributed by atoms with Gasteiger partial charge in [0, 0.05) is 6.04 Å². The minimum atomic E-state index is 0.221. The third-order valence-corrected chi connectivity index (χ3v) is 1.72. The Kier molecular flexibility index (Phi) is 3.11. The predicted molar refractivity (Wildman–Crippen MR) is 50.3 cm³/mol. The fourth-order valence-corrected chi connectivity index (χ4v) is 1.13. The van der Waals surface area contributed by atoms with E-state index in [1.807, 2.05) is 31.2 Å². The molecule has 1 aromatic carbocycles. The molecular formula is C10H15NO. The van der Waals surface area contributed by atoms with E-state index in [9.17, 15) is 0 Å². The van der Waals surface area contributed by atoms with E-state index in [4.69, 9.17) is 10.5 Å². The van der Waals surface area contributed by atoms with Crippen molar-refractivity contribution in [2.24, 2.45) is 5.73 Å². The van der Waals surface area contributed by atoms with Crippen molar-refractivity contribution in [1.82, 2.24) is 0 Å². The van der Waals surface area contributed by atoms with Crippen LogP contribution in [0.3, 0.4) is 0 Å². The van der Waals surface area contributed by atoms with Gasteiger partial charge in [0.05, 0.1) is 7.11 Å². The first kappa shape index (κ1) is 9.07. The van der Waals surface area contributed by atoms with Crippen molar-refractivity contribution >= 4 is 0 Å². The molecule has 0 saturated heterocycles. The molecule has 2 heteroatoms. The van der Waals surface area contributed by atoms with Crippen LogP contribution < -0.4 is 10.5 Å². The van der Waals surface area contributed by atoms with Crippen molar-refractivity contribution in [1.29, 1.82) is 0 Å². The van der Waals surface area contributed by atoms with Crippen molar-refractivity contribution in [3.63, 3.8) is 0 Å². The van der Waals surface area contributed by atoms with Crippen LogP contribution in [0.2, 0.25) is 0 Å². The second kappa shape index (κ2) is 4.12. The summed E-state index contributed by atoms with van der Waals surface area (Å²) >= 11 is 0. The molecule has 0 heterocycles. The van der Waals surface area contributed by atoms with Gasteiger partial charge in [-0.3, -0.25) is 0 Å². The van der Waals surface area contributed by atoms with Crippen LogP contribution in [0.1, 0.15) is 12.5 Å². The molecule has 0 fully saturated rings. The zero-order valence-corrected chi connectivity index (χ0v) is 7.58. The molecule has 0 saturated carbocycles. The highest BCUT2D eigenvalue weighted by molar-refractivity contribution is 5.27. The van der Waals surface area contributed by atoms with E-state index in [-0.39, 0.29) is 6.04 Å². The summed E-state index contributed by atoms with van der Waals surface area (Å²) in [6.07, 6.45) is 0.921. The van der Waals surface area contributed by atoms with E-state index in [1.165, 1.54) is 5.56 Å². The largest absolute Gasteiger partial charge is 0.497 e. The van der Waals surface area contributed by atoms with Crippen molar-refractivity contribution < 1.29 is 4.74 Å². The summed E-state index contributed by atoms with van der Waals surface area (Å²) in [5.41, 5.74) is 6.92. The van der Waals surface area contributed by atoms with Crippen molar-refractivity contribution in [3.05, 3.63) is 29.8 Å². The Morgan fingerprint density at radius 3 is 2.33 bits per heavy atom. The Morgan fingerprint density at radius 2 is 1.92 bits per heavy atom. The molecule has 0 spiro atoms. The molecule has 2 nitrogen and oxygen atoms in total. The maximum absolute atomic E-state index is 5.66. The summed E-state index contributed by atoms with van der Waals surface area (Å²) in [6.45, 7) is 2.00. The third-order valence-electron chi connectivity index (χ3n) is 1.72. The average Bonchev–Trinajstić information content (AvgIpc) is 2.05. The fraction of sp³-hybridized carbons (Fsp3) is 0.400. The topological polar surface area (TPSA) is 35.2 Å². The first-order valence-electron chi connectivity index (χ1n) is 4.11. The SMILES string of the molecule is COc1ccc(C[C@H](C)N)cc1. The number of ether oxygens (including phenoxy) is 1. The number of methoxy groups -OCH3 is 1. The number of benzene rings is 1. The van der Waals surface area contributed by atoms with Crippen LogP contribution in [0.15, 0.2) is 24.3 Å². The summed E-state index contributed by atoms with van der Waals surface area (Å²) in [4.78, 5) is 0. The van der Waals surface area contributed by atoms with Crippen LogP contribution in [0.5, 0.6) is 5.75 Å². The van der Waals surface area contributed by atoms with Gasteiger partial charge in [-0.05, 0) is 31.0 Å². The summed E-state index contributed by atoms with van der Waals surface area (Å²) < 4.78 is 5.04. The van der Waals surface area contributed by atoms with E-state index < -0.39 is 0 Å². The highest BCUT2D eigenvalue weighted by Crippen LogP contribution is 2.11. The molecule has 0 aliphatic heterocycles. The van der Waals surface area contributed by atoms with Gasteiger partial charge in [0.15, 0.2) is 0 Å². The van der Waals surface area contributed by atoms with E-state index >= 15 is 0 Å². The molecule has 0 aromatic heterocycles. The van der Waals surface area contributed by atoms with Gasteiger partial charge in [0.1, 0.15) is 5.75 Å². The Labute approximate surface area is 73.3 Å². The Morgan fingerprint density at radius 1 is 1.33 bits per heavy atom. The van der Waals surface area contributed by atoms with Crippen molar-refractivity contribution in [2.75, 3.05) is 7.11 Å². The highest BCUT2D eigenvalue weighted by Gasteiger charge is 1.97. The second-order valence-electron chi connectivity index (χ2n) is 3.03. The van der Waals surface area contributed by atoms with Crippen LogP contribution in [0.4, 0.5) is 0 Å². The second-order valence-corrected chi connectivity index (χ2v) is 3.03. The van der Waals surface area contributed by atoms with Gasteiger partial charge in [-0.1, -0.05) is 12.1 Å². The van der Waals surface area contributed by atoms with E-state index in [0.717, 1.165) is 12.2 Å². The molecule has 0 amide bonds. The number of hydrogen-bond acceptors (Lipinski definition) is 2. The number of hydrogen-bond donors (Lipinski definition) is 1. The predicted octanol–water partition coefficient (Wildman–Crippen LogP) is 1.58.